The summed E-state index contributed by atoms with van der Waals surface area (Å²) in [5.41, 5.74) is 1.84. The molecule has 7 nitrogen and oxygen atoms in total. The predicted octanol–water partition coefficient (Wildman–Crippen LogP) is 1.77. The zero-order valence-electron chi connectivity index (χ0n) is 16.0. The van der Waals surface area contributed by atoms with Gasteiger partial charge in [-0.25, -0.2) is 12.7 Å². The van der Waals surface area contributed by atoms with Crippen molar-refractivity contribution in [2.24, 2.45) is 5.92 Å². The molecule has 0 saturated carbocycles. The van der Waals surface area contributed by atoms with Crippen LogP contribution in [-0.2, 0) is 21.4 Å². The van der Waals surface area contributed by atoms with Crippen LogP contribution in [0.15, 0.2) is 48.8 Å². The fourth-order valence-electron chi connectivity index (χ4n) is 3.49. The van der Waals surface area contributed by atoms with E-state index in [1.807, 2.05) is 36.4 Å². The van der Waals surface area contributed by atoms with Crippen LogP contribution >= 0.6 is 0 Å². The third-order valence-electron chi connectivity index (χ3n) is 5.12. The van der Waals surface area contributed by atoms with Gasteiger partial charge in [0.15, 0.2) is 0 Å². The monoisotopic (exact) mass is 403 g/mol. The van der Waals surface area contributed by atoms with Gasteiger partial charge in [0.05, 0.1) is 18.8 Å². The van der Waals surface area contributed by atoms with E-state index in [0.29, 0.717) is 13.1 Å². The second kappa shape index (κ2) is 8.70. The maximum absolute atomic E-state index is 12.9. The number of nitrogens with zero attached hydrogens (tertiary/aromatic N) is 2. The van der Waals surface area contributed by atoms with E-state index in [2.05, 4.69) is 10.3 Å². The highest BCUT2D eigenvalue weighted by Crippen LogP contribution is 2.34. The van der Waals surface area contributed by atoms with Crippen LogP contribution < -0.4 is 10.1 Å². The Morgan fingerprint density at radius 2 is 2.00 bits per heavy atom. The number of sulfonamides is 1. The summed E-state index contributed by atoms with van der Waals surface area (Å²) in [5, 5.41) is 2.95. The Morgan fingerprint density at radius 3 is 2.68 bits per heavy atom. The molecule has 0 bridgehead atoms. The fourth-order valence-corrected chi connectivity index (χ4v) is 4.63. The summed E-state index contributed by atoms with van der Waals surface area (Å²) in [6, 6.07) is 11.2. The van der Waals surface area contributed by atoms with E-state index in [-0.39, 0.29) is 24.1 Å². The Labute approximate surface area is 165 Å². The largest absolute Gasteiger partial charge is 0.497 e. The minimum Gasteiger partial charge on any atom is -0.497 e. The number of aromatic nitrogens is 1. The van der Waals surface area contributed by atoms with E-state index in [1.165, 1.54) is 4.31 Å². The standard InChI is InChI=1S/C20H25N3O4S/c1-3-28(25,26)23-13-18(16-7-9-21-10-8-16)19(14-23)20(24)22-12-15-5-4-6-17(11-15)27-2/h4-11,18-19H,3,12-14H2,1-2H3,(H,22,24)/t18-,19+/m0/s1. The second-order valence-electron chi connectivity index (χ2n) is 6.78. The van der Waals surface area contributed by atoms with Crippen molar-refractivity contribution in [2.45, 2.75) is 19.4 Å². The maximum atomic E-state index is 12.9. The van der Waals surface area contributed by atoms with Crippen molar-refractivity contribution in [2.75, 3.05) is 26.0 Å². The van der Waals surface area contributed by atoms with E-state index in [1.54, 1.807) is 26.4 Å². The molecule has 2 aromatic rings. The molecule has 0 spiro atoms. The van der Waals surface area contributed by atoms with Crippen LogP contribution in [0, 0.1) is 5.92 Å². The van der Waals surface area contributed by atoms with Crippen LogP contribution in [0.5, 0.6) is 5.75 Å². The summed E-state index contributed by atoms with van der Waals surface area (Å²) in [6.45, 7) is 2.47. The van der Waals surface area contributed by atoms with Gasteiger partial charge in [0.25, 0.3) is 0 Å². The molecule has 1 aliphatic rings. The van der Waals surface area contributed by atoms with E-state index < -0.39 is 15.9 Å². The third kappa shape index (κ3) is 4.51. The van der Waals surface area contributed by atoms with Crippen molar-refractivity contribution < 1.29 is 17.9 Å². The van der Waals surface area contributed by atoms with E-state index in [9.17, 15) is 13.2 Å². The van der Waals surface area contributed by atoms with Crippen LogP contribution in [0.4, 0.5) is 0 Å². The number of hydrogen-bond acceptors (Lipinski definition) is 5. The van der Waals surface area contributed by atoms with Crippen molar-refractivity contribution >= 4 is 15.9 Å². The molecular formula is C20H25N3O4S. The molecule has 150 valence electrons. The van der Waals surface area contributed by atoms with Crippen molar-refractivity contribution in [3.05, 3.63) is 59.9 Å². The first-order valence-corrected chi connectivity index (χ1v) is 10.8. The van der Waals surface area contributed by atoms with Crippen molar-refractivity contribution in [1.29, 1.82) is 0 Å². The lowest BCUT2D eigenvalue weighted by atomic mass is 9.89. The third-order valence-corrected chi connectivity index (χ3v) is 6.93. The van der Waals surface area contributed by atoms with Gasteiger partial charge in [-0.1, -0.05) is 12.1 Å². The zero-order chi connectivity index (χ0) is 20.1. The highest BCUT2D eigenvalue weighted by atomic mass is 32.2. The molecular weight excluding hydrogens is 378 g/mol. The number of methoxy groups -OCH3 is 1. The van der Waals surface area contributed by atoms with Crippen LogP contribution in [0.1, 0.15) is 24.0 Å². The molecule has 0 aliphatic carbocycles. The number of nitrogens with one attached hydrogen (secondary N) is 1. The van der Waals surface area contributed by atoms with Crippen LogP contribution in [0.25, 0.3) is 0 Å². The van der Waals surface area contributed by atoms with Crippen LogP contribution in [0.2, 0.25) is 0 Å². The summed E-state index contributed by atoms with van der Waals surface area (Å²) in [5.74, 6) is -0.0568. The SMILES string of the molecule is CCS(=O)(=O)N1C[C@@H](C(=O)NCc2cccc(OC)c2)[C@H](c2ccncc2)C1. The number of carbonyl (C=O) groups is 1. The molecule has 2 atom stereocenters. The molecule has 1 N–H and O–H groups in total. The van der Waals surface area contributed by atoms with Gasteiger partial charge >= 0.3 is 0 Å². The lowest BCUT2D eigenvalue weighted by molar-refractivity contribution is -0.125. The van der Waals surface area contributed by atoms with Gasteiger partial charge < -0.3 is 10.1 Å². The minimum absolute atomic E-state index is 0.0220. The molecule has 8 heteroatoms. The minimum atomic E-state index is -3.36. The number of rotatable bonds is 7. The highest BCUT2D eigenvalue weighted by molar-refractivity contribution is 7.89. The van der Waals surface area contributed by atoms with E-state index >= 15 is 0 Å². The molecule has 1 saturated heterocycles. The van der Waals surface area contributed by atoms with E-state index in [4.69, 9.17) is 4.74 Å². The van der Waals surface area contributed by atoms with Crippen molar-refractivity contribution in [3.8, 4) is 5.75 Å². The molecule has 28 heavy (non-hydrogen) atoms. The Balaban J connectivity index is 1.77. The van der Waals surface area contributed by atoms with Crippen LogP contribution in [-0.4, -0.2) is 49.6 Å². The molecule has 1 fully saturated rings. The van der Waals surface area contributed by atoms with Crippen molar-refractivity contribution in [3.63, 3.8) is 0 Å². The quantitative estimate of drug-likeness (QED) is 0.761. The summed E-state index contributed by atoms with van der Waals surface area (Å²) >= 11 is 0. The number of carbonyl (C=O) groups excluding carboxylic acids is 1. The molecule has 1 aromatic carbocycles. The van der Waals surface area contributed by atoms with Crippen LogP contribution in [0.3, 0.4) is 0 Å². The molecule has 1 amide bonds. The summed E-state index contributed by atoms with van der Waals surface area (Å²) in [7, 11) is -1.76. The number of ether oxygens (including phenoxy) is 1. The lowest BCUT2D eigenvalue weighted by Gasteiger charge is -2.18. The number of benzene rings is 1. The molecule has 3 rings (SSSR count). The van der Waals surface area contributed by atoms with Gasteiger partial charge in [-0.3, -0.25) is 9.78 Å². The van der Waals surface area contributed by atoms with Gasteiger partial charge in [0.1, 0.15) is 5.75 Å². The lowest BCUT2D eigenvalue weighted by Crippen LogP contribution is -2.35. The van der Waals surface area contributed by atoms with Gasteiger partial charge in [-0.05, 0) is 42.3 Å². The fraction of sp³-hybridized carbons (Fsp3) is 0.400. The van der Waals surface area contributed by atoms with E-state index in [0.717, 1.165) is 16.9 Å². The Morgan fingerprint density at radius 1 is 1.25 bits per heavy atom. The average molecular weight is 404 g/mol. The first-order chi connectivity index (χ1) is 13.4. The normalized spacial score (nSPS) is 20.1. The summed E-state index contributed by atoms with van der Waals surface area (Å²) in [6.07, 6.45) is 3.33. The van der Waals surface area contributed by atoms with Gasteiger partial charge in [0.2, 0.25) is 15.9 Å². The summed E-state index contributed by atoms with van der Waals surface area (Å²) in [4.78, 5) is 17.0. The number of hydrogen-bond donors (Lipinski definition) is 1. The molecule has 0 unspecified atom stereocenters. The molecule has 0 radical (unpaired) electrons. The Kier molecular flexibility index (Phi) is 6.31. The highest BCUT2D eigenvalue weighted by Gasteiger charge is 2.42. The molecule has 2 heterocycles. The average Bonchev–Trinajstić information content (AvgIpc) is 3.19. The first-order valence-electron chi connectivity index (χ1n) is 9.23. The number of amides is 1. The number of pyridine rings is 1. The maximum Gasteiger partial charge on any atom is 0.225 e. The molecule has 1 aliphatic heterocycles. The summed E-state index contributed by atoms with van der Waals surface area (Å²) < 4.78 is 31.4. The van der Waals surface area contributed by atoms with Crippen molar-refractivity contribution in [1.82, 2.24) is 14.6 Å². The zero-order valence-corrected chi connectivity index (χ0v) is 16.9. The topological polar surface area (TPSA) is 88.6 Å². The van der Waals surface area contributed by atoms with Gasteiger partial charge in [0, 0.05) is 37.9 Å². The smallest absolute Gasteiger partial charge is 0.225 e. The Bertz CT molecular complexity index is 918. The van der Waals surface area contributed by atoms with Gasteiger partial charge in [-0.2, -0.15) is 0 Å². The molecule has 1 aromatic heterocycles. The Hall–Kier alpha value is -2.45. The second-order valence-corrected chi connectivity index (χ2v) is 9.04. The predicted molar refractivity (Wildman–Crippen MR) is 106 cm³/mol. The van der Waals surface area contributed by atoms with Gasteiger partial charge in [-0.15, -0.1) is 0 Å². The first kappa shape index (κ1) is 20.3.